The number of rotatable bonds is 6. The van der Waals surface area contributed by atoms with Gasteiger partial charge < -0.3 is 0 Å². The number of nitrogens with zero attached hydrogens (tertiary/aromatic N) is 3. The zero-order valence-electron chi connectivity index (χ0n) is 16.9. The van der Waals surface area contributed by atoms with E-state index in [4.69, 9.17) is 4.98 Å². The summed E-state index contributed by atoms with van der Waals surface area (Å²) in [6.07, 6.45) is 0. The monoisotopic (exact) mass is 431 g/mol. The first-order valence-electron chi connectivity index (χ1n) is 10.4. The SMILES string of the molecule is c1ccc(C(c2ccccc2)N2CCN(CSc3nc4ccccc4s3)CC2)cc1. The number of aromatic nitrogens is 1. The van der Waals surface area contributed by atoms with Crippen molar-refractivity contribution in [2.24, 2.45) is 0 Å². The van der Waals surface area contributed by atoms with Gasteiger partial charge in [-0.05, 0) is 23.3 Å². The number of hydrogen-bond donors (Lipinski definition) is 0. The minimum atomic E-state index is 0.325. The zero-order valence-corrected chi connectivity index (χ0v) is 18.5. The second-order valence-electron chi connectivity index (χ2n) is 7.60. The van der Waals surface area contributed by atoms with E-state index >= 15 is 0 Å². The van der Waals surface area contributed by atoms with Crippen LogP contribution < -0.4 is 0 Å². The van der Waals surface area contributed by atoms with Crippen molar-refractivity contribution in [1.29, 1.82) is 0 Å². The van der Waals surface area contributed by atoms with Crippen LogP contribution in [0.4, 0.5) is 0 Å². The molecule has 2 heterocycles. The minimum absolute atomic E-state index is 0.325. The van der Waals surface area contributed by atoms with Gasteiger partial charge in [0.2, 0.25) is 0 Å². The summed E-state index contributed by atoms with van der Waals surface area (Å²) < 4.78 is 2.45. The van der Waals surface area contributed by atoms with Crippen LogP contribution in [0.5, 0.6) is 0 Å². The summed E-state index contributed by atoms with van der Waals surface area (Å²) in [5.74, 6) is 1.01. The van der Waals surface area contributed by atoms with Gasteiger partial charge in [-0.2, -0.15) is 0 Å². The predicted molar refractivity (Wildman–Crippen MR) is 128 cm³/mol. The molecule has 0 spiro atoms. The number of thioether (sulfide) groups is 1. The van der Waals surface area contributed by atoms with Gasteiger partial charge in [-0.1, -0.05) is 84.6 Å². The van der Waals surface area contributed by atoms with Crippen LogP contribution in [-0.4, -0.2) is 46.8 Å². The van der Waals surface area contributed by atoms with E-state index in [2.05, 4.69) is 94.7 Å². The molecule has 0 amide bonds. The van der Waals surface area contributed by atoms with Crippen LogP contribution in [-0.2, 0) is 0 Å². The molecule has 0 N–H and O–H groups in total. The van der Waals surface area contributed by atoms with E-state index < -0.39 is 0 Å². The Balaban J connectivity index is 1.23. The lowest BCUT2D eigenvalue weighted by molar-refractivity contribution is 0.123. The highest BCUT2D eigenvalue weighted by Crippen LogP contribution is 2.32. The van der Waals surface area contributed by atoms with Crippen molar-refractivity contribution in [3.05, 3.63) is 96.1 Å². The third kappa shape index (κ3) is 4.44. The Morgan fingerprint density at radius 1 is 0.767 bits per heavy atom. The molecular formula is C25H25N3S2. The molecule has 1 aromatic heterocycles. The molecule has 0 atom stereocenters. The van der Waals surface area contributed by atoms with Gasteiger partial charge in [0.1, 0.15) is 0 Å². The van der Waals surface area contributed by atoms with Crippen LogP contribution in [0.15, 0.2) is 89.3 Å². The summed E-state index contributed by atoms with van der Waals surface area (Å²) in [5, 5.41) is 0. The highest BCUT2D eigenvalue weighted by Gasteiger charge is 2.26. The molecule has 1 aliphatic heterocycles. The van der Waals surface area contributed by atoms with E-state index in [1.165, 1.54) is 20.2 Å². The van der Waals surface area contributed by atoms with Crippen molar-refractivity contribution < 1.29 is 0 Å². The second-order valence-corrected chi connectivity index (χ2v) is 9.82. The third-order valence-corrected chi connectivity index (χ3v) is 7.91. The summed E-state index contributed by atoms with van der Waals surface area (Å²) in [6, 6.07) is 30.6. The Labute approximate surface area is 186 Å². The normalized spacial score (nSPS) is 15.8. The highest BCUT2D eigenvalue weighted by atomic mass is 32.2. The van der Waals surface area contributed by atoms with E-state index in [0.717, 1.165) is 37.6 Å². The lowest BCUT2D eigenvalue weighted by Crippen LogP contribution is -2.47. The Bertz CT molecular complexity index is 1000. The molecule has 0 unspecified atom stereocenters. The van der Waals surface area contributed by atoms with E-state index in [0.29, 0.717) is 6.04 Å². The van der Waals surface area contributed by atoms with Gasteiger partial charge >= 0.3 is 0 Å². The molecular weight excluding hydrogens is 406 g/mol. The Kier molecular flexibility index (Phi) is 6.13. The minimum Gasteiger partial charge on any atom is -0.291 e. The molecule has 5 heteroatoms. The molecule has 152 valence electrons. The quantitative estimate of drug-likeness (QED) is 0.362. The summed E-state index contributed by atoms with van der Waals surface area (Å²) in [4.78, 5) is 9.95. The largest absolute Gasteiger partial charge is 0.291 e. The van der Waals surface area contributed by atoms with Crippen molar-refractivity contribution in [3.63, 3.8) is 0 Å². The lowest BCUT2D eigenvalue weighted by Gasteiger charge is -2.39. The summed E-state index contributed by atoms with van der Waals surface area (Å²) in [7, 11) is 0. The Hall–Kier alpha value is -2.18. The van der Waals surface area contributed by atoms with Gasteiger partial charge in [-0.3, -0.25) is 9.80 Å². The van der Waals surface area contributed by atoms with Crippen molar-refractivity contribution >= 4 is 33.3 Å². The number of fused-ring (bicyclic) bond motifs is 1. The van der Waals surface area contributed by atoms with Crippen LogP contribution in [0.2, 0.25) is 0 Å². The maximum Gasteiger partial charge on any atom is 0.152 e. The maximum atomic E-state index is 4.76. The molecule has 5 rings (SSSR count). The van der Waals surface area contributed by atoms with Crippen molar-refractivity contribution in [2.45, 2.75) is 10.4 Å². The molecule has 4 aromatic rings. The average Bonchev–Trinajstić information content (AvgIpc) is 3.23. The first-order valence-corrected chi connectivity index (χ1v) is 12.2. The molecule has 1 fully saturated rings. The number of benzene rings is 3. The molecule has 0 aliphatic carbocycles. The van der Waals surface area contributed by atoms with Gasteiger partial charge in [0.25, 0.3) is 0 Å². The van der Waals surface area contributed by atoms with Crippen LogP contribution in [0.25, 0.3) is 10.2 Å². The number of thiazole rings is 1. The van der Waals surface area contributed by atoms with E-state index in [-0.39, 0.29) is 0 Å². The standard InChI is InChI=1S/C25H25N3S2/c1-3-9-20(10-4-1)24(21-11-5-2-6-12-21)28-17-15-27(16-18-28)19-29-25-26-22-13-7-8-14-23(22)30-25/h1-14,24H,15-19H2. The fourth-order valence-electron chi connectivity index (χ4n) is 4.09. The summed E-state index contributed by atoms with van der Waals surface area (Å²) in [6.45, 7) is 4.34. The molecule has 30 heavy (non-hydrogen) atoms. The Morgan fingerprint density at radius 3 is 2.00 bits per heavy atom. The second kappa shape index (κ2) is 9.31. The molecule has 3 nitrogen and oxygen atoms in total. The number of para-hydroxylation sites is 1. The molecule has 3 aromatic carbocycles. The van der Waals surface area contributed by atoms with Crippen molar-refractivity contribution in [2.75, 3.05) is 32.1 Å². The first-order chi connectivity index (χ1) is 14.9. The van der Waals surface area contributed by atoms with Gasteiger partial charge in [-0.25, -0.2) is 4.98 Å². The van der Waals surface area contributed by atoms with Crippen molar-refractivity contribution in [1.82, 2.24) is 14.8 Å². The molecule has 0 saturated carbocycles. The highest BCUT2D eigenvalue weighted by molar-refractivity contribution is 8.01. The van der Waals surface area contributed by atoms with Crippen LogP contribution >= 0.6 is 23.1 Å². The third-order valence-electron chi connectivity index (χ3n) is 5.65. The zero-order chi connectivity index (χ0) is 20.2. The predicted octanol–water partition coefficient (Wildman–Crippen LogP) is 5.75. The number of piperazine rings is 1. The molecule has 1 saturated heterocycles. The topological polar surface area (TPSA) is 19.4 Å². The van der Waals surface area contributed by atoms with Crippen molar-refractivity contribution in [3.8, 4) is 0 Å². The van der Waals surface area contributed by atoms with Gasteiger partial charge in [0.05, 0.1) is 22.1 Å². The van der Waals surface area contributed by atoms with Gasteiger partial charge in [-0.15, -0.1) is 11.3 Å². The van der Waals surface area contributed by atoms with Crippen LogP contribution in [0.3, 0.4) is 0 Å². The van der Waals surface area contributed by atoms with E-state index in [1.54, 1.807) is 11.3 Å². The van der Waals surface area contributed by atoms with E-state index in [1.807, 2.05) is 11.8 Å². The fraction of sp³-hybridized carbons (Fsp3) is 0.240. The number of hydrogen-bond acceptors (Lipinski definition) is 5. The smallest absolute Gasteiger partial charge is 0.152 e. The lowest BCUT2D eigenvalue weighted by atomic mass is 9.96. The summed E-state index contributed by atoms with van der Waals surface area (Å²) in [5.41, 5.74) is 3.87. The fourth-order valence-corrected chi connectivity index (χ4v) is 6.17. The first kappa shape index (κ1) is 19.8. The summed E-state index contributed by atoms with van der Waals surface area (Å²) >= 11 is 3.67. The Morgan fingerprint density at radius 2 is 1.37 bits per heavy atom. The van der Waals surface area contributed by atoms with Gasteiger partial charge in [0.15, 0.2) is 4.34 Å². The van der Waals surface area contributed by atoms with Crippen LogP contribution in [0.1, 0.15) is 17.2 Å². The maximum absolute atomic E-state index is 4.76. The average molecular weight is 432 g/mol. The molecule has 0 bridgehead atoms. The van der Waals surface area contributed by atoms with Gasteiger partial charge in [0, 0.05) is 26.2 Å². The molecule has 1 aliphatic rings. The van der Waals surface area contributed by atoms with Crippen LogP contribution in [0, 0.1) is 0 Å². The van der Waals surface area contributed by atoms with E-state index in [9.17, 15) is 0 Å². The molecule has 0 radical (unpaired) electrons.